The average Bonchev–Trinajstić information content (AvgIpc) is 3.15. The standard InChI is InChI=1S/C19H32N2O2/c1-2-18(22)15-5-7-16(8-6-15)19(23)21-13-9-17(10-14-21)20-11-3-4-12-20/h15-17H,2-14H2,1H3. The van der Waals surface area contributed by atoms with Crippen molar-refractivity contribution in [2.75, 3.05) is 26.2 Å². The molecule has 1 saturated carbocycles. The molecule has 0 N–H and O–H groups in total. The number of piperidine rings is 1. The van der Waals surface area contributed by atoms with Crippen molar-refractivity contribution in [3.05, 3.63) is 0 Å². The molecule has 0 aromatic rings. The van der Waals surface area contributed by atoms with Crippen LogP contribution in [0.5, 0.6) is 0 Å². The summed E-state index contributed by atoms with van der Waals surface area (Å²) in [6, 6.07) is 0.708. The van der Waals surface area contributed by atoms with Crippen LogP contribution in [-0.2, 0) is 9.59 Å². The Kier molecular flexibility index (Phi) is 5.73. The Morgan fingerprint density at radius 3 is 1.96 bits per heavy atom. The van der Waals surface area contributed by atoms with Crippen LogP contribution in [0.1, 0.15) is 64.7 Å². The third-order valence-corrected chi connectivity index (χ3v) is 6.31. The highest BCUT2D eigenvalue weighted by atomic mass is 16.2. The summed E-state index contributed by atoms with van der Waals surface area (Å²) >= 11 is 0. The SMILES string of the molecule is CCC(=O)C1CCC(C(=O)N2CCC(N3CCCC3)CC2)CC1. The van der Waals surface area contributed by atoms with Crippen molar-refractivity contribution in [2.24, 2.45) is 11.8 Å². The van der Waals surface area contributed by atoms with Gasteiger partial charge in [-0.3, -0.25) is 9.59 Å². The van der Waals surface area contributed by atoms with Gasteiger partial charge in [0, 0.05) is 37.4 Å². The van der Waals surface area contributed by atoms with E-state index in [9.17, 15) is 9.59 Å². The summed E-state index contributed by atoms with van der Waals surface area (Å²) in [5.74, 6) is 1.17. The predicted molar refractivity (Wildman–Crippen MR) is 91.2 cm³/mol. The monoisotopic (exact) mass is 320 g/mol. The van der Waals surface area contributed by atoms with Crippen molar-refractivity contribution >= 4 is 11.7 Å². The quantitative estimate of drug-likeness (QED) is 0.800. The van der Waals surface area contributed by atoms with Gasteiger partial charge < -0.3 is 9.80 Å². The summed E-state index contributed by atoms with van der Waals surface area (Å²) in [5, 5.41) is 0. The molecule has 2 saturated heterocycles. The fraction of sp³-hybridized carbons (Fsp3) is 0.895. The van der Waals surface area contributed by atoms with E-state index in [2.05, 4.69) is 9.80 Å². The summed E-state index contributed by atoms with van der Waals surface area (Å²) in [7, 11) is 0. The minimum absolute atomic E-state index is 0.180. The second-order valence-electron chi connectivity index (χ2n) is 7.67. The molecule has 0 radical (unpaired) electrons. The molecule has 1 amide bonds. The first kappa shape index (κ1) is 16.9. The first-order chi connectivity index (χ1) is 11.2. The van der Waals surface area contributed by atoms with E-state index in [1.807, 2.05) is 6.92 Å². The maximum absolute atomic E-state index is 12.8. The van der Waals surface area contributed by atoms with Crippen LogP contribution in [0.2, 0.25) is 0 Å². The zero-order valence-corrected chi connectivity index (χ0v) is 14.6. The van der Waals surface area contributed by atoms with Gasteiger partial charge in [0.25, 0.3) is 0 Å². The maximum Gasteiger partial charge on any atom is 0.225 e. The first-order valence-electron chi connectivity index (χ1n) is 9.74. The van der Waals surface area contributed by atoms with Crippen LogP contribution >= 0.6 is 0 Å². The fourth-order valence-electron chi connectivity index (χ4n) is 4.77. The highest BCUT2D eigenvalue weighted by Crippen LogP contribution is 2.32. The number of amides is 1. The normalized spacial score (nSPS) is 30.6. The van der Waals surface area contributed by atoms with Gasteiger partial charge in [0.1, 0.15) is 5.78 Å². The number of carbonyl (C=O) groups is 2. The lowest BCUT2D eigenvalue weighted by atomic mass is 9.79. The van der Waals surface area contributed by atoms with Crippen molar-refractivity contribution in [2.45, 2.75) is 70.8 Å². The van der Waals surface area contributed by atoms with Crippen LogP contribution in [0.4, 0.5) is 0 Å². The molecule has 0 atom stereocenters. The molecular weight excluding hydrogens is 288 g/mol. The van der Waals surface area contributed by atoms with Gasteiger partial charge in [0.15, 0.2) is 0 Å². The fourth-order valence-corrected chi connectivity index (χ4v) is 4.77. The van der Waals surface area contributed by atoms with Crippen molar-refractivity contribution < 1.29 is 9.59 Å². The van der Waals surface area contributed by atoms with Crippen molar-refractivity contribution in [3.63, 3.8) is 0 Å². The van der Waals surface area contributed by atoms with Crippen molar-refractivity contribution in [3.8, 4) is 0 Å². The smallest absolute Gasteiger partial charge is 0.225 e. The van der Waals surface area contributed by atoms with E-state index in [1.54, 1.807) is 0 Å². The Bertz CT molecular complexity index is 415. The third kappa shape index (κ3) is 3.96. The van der Waals surface area contributed by atoms with Crippen molar-refractivity contribution in [1.29, 1.82) is 0 Å². The molecule has 0 aromatic carbocycles. The zero-order valence-electron chi connectivity index (χ0n) is 14.6. The average molecular weight is 320 g/mol. The van der Waals surface area contributed by atoms with Gasteiger partial charge in [-0.05, 0) is 64.5 Å². The molecule has 23 heavy (non-hydrogen) atoms. The van der Waals surface area contributed by atoms with Crippen LogP contribution < -0.4 is 0 Å². The molecule has 3 rings (SSSR count). The maximum atomic E-state index is 12.8. The van der Waals surface area contributed by atoms with Gasteiger partial charge in [-0.1, -0.05) is 6.92 Å². The van der Waals surface area contributed by atoms with Gasteiger partial charge in [-0.15, -0.1) is 0 Å². The first-order valence-corrected chi connectivity index (χ1v) is 9.74. The Labute approximate surface area is 140 Å². The summed E-state index contributed by atoms with van der Waals surface area (Å²) in [5.41, 5.74) is 0. The summed E-state index contributed by atoms with van der Waals surface area (Å²) in [6.45, 7) is 6.34. The van der Waals surface area contributed by atoms with Crippen LogP contribution in [0.25, 0.3) is 0 Å². The number of rotatable bonds is 4. The van der Waals surface area contributed by atoms with Gasteiger partial charge in [0.2, 0.25) is 5.91 Å². The zero-order chi connectivity index (χ0) is 16.2. The molecule has 2 heterocycles. The third-order valence-electron chi connectivity index (χ3n) is 6.31. The number of likely N-dealkylation sites (tertiary alicyclic amines) is 2. The Balaban J connectivity index is 1.44. The Morgan fingerprint density at radius 2 is 1.39 bits per heavy atom. The lowest BCUT2D eigenvalue weighted by Gasteiger charge is -2.39. The Morgan fingerprint density at radius 1 is 0.826 bits per heavy atom. The molecule has 4 nitrogen and oxygen atoms in total. The van der Waals surface area contributed by atoms with E-state index in [1.165, 1.54) is 25.9 Å². The van der Waals surface area contributed by atoms with Gasteiger partial charge in [-0.25, -0.2) is 0 Å². The van der Waals surface area contributed by atoms with Crippen LogP contribution in [0.15, 0.2) is 0 Å². The molecular formula is C19H32N2O2. The molecule has 0 spiro atoms. The molecule has 1 aliphatic carbocycles. The number of hydrogen-bond donors (Lipinski definition) is 0. The largest absolute Gasteiger partial charge is 0.342 e. The summed E-state index contributed by atoms with van der Waals surface area (Å²) in [4.78, 5) is 29.3. The second kappa shape index (κ2) is 7.78. The van der Waals surface area contributed by atoms with E-state index in [-0.39, 0.29) is 11.8 Å². The summed E-state index contributed by atoms with van der Waals surface area (Å²) < 4.78 is 0. The van der Waals surface area contributed by atoms with E-state index < -0.39 is 0 Å². The van der Waals surface area contributed by atoms with Crippen LogP contribution in [0, 0.1) is 11.8 Å². The Hall–Kier alpha value is -0.900. The number of Topliss-reactive ketones (excluding diaryl/α,β-unsaturated/α-hetero) is 1. The van der Waals surface area contributed by atoms with E-state index >= 15 is 0 Å². The lowest BCUT2D eigenvalue weighted by Crippen LogP contribution is -2.48. The second-order valence-corrected chi connectivity index (χ2v) is 7.67. The molecule has 0 bridgehead atoms. The number of hydrogen-bond acceptors (Lipinski definition) is 3. The van der Waals surface area contributed by atoms with Gasteiger partial charge in [-0.2, -0.15) is 0 Å². The van der Waals surface area contributed by atoms with Crippen LogP contribution in [0.3, 0.4) is 0 Å². The molecule has 0 aromatic heterocycles. The molecule has 3 fully saturated rings. The van der Waals surface area contributed by atoms with Crippen molar-refractivity contribution in [1.82, 2.24) is 9.80 Å². The topological polar surface area (TPSA) is 40.6 Å². The highest BCUT2D eigenvalue weighted by molar-refractivity contribution is 5.82. The minimum atomic E-state index is 0.180. The summed E-state index contributed by atoms with van der Waals surface area (Å²) in [6.07, 6.45) is 9.32. The van der Waals surface area contributed by atoms with Gasteiger partial charge in [0.05, 0.1) is 0 Å². The van der Waals surface area contributed by atoms with Gasteiger partial charge >= 0.3 is 0 Å². The van der Waals surface area contributed by atoms with E-state index in [0.29, 0.717) is 24.2 Å². The number of nitrogens with zero attached hydrogens (tertiary/aromatic N) is 2. The molecule has 130 valence electrons. The number of carbonyl (C=O) groups excluding carboxylic acids is 2. The molecule has 2 aliphatic heterocycles. The molecule has 3 aliphatic rings. The minimum Gasteiger partial charge on any atom is -0.342 e. The lowest BCUT2D eigenvalue weighted by molar-refractivity contribution is -0.139. The van der Waals surface area contributed by atoms with Crippen LogP contribution in [-0.4, -0.2) is 53.7 Å². The molecule has 4 heteroatoms. The molecule has 0 unspecified atom stereocenters. The van der Waals surface area contributed by atoms with E-state index in [0.717, 1.165) is 51.6 Å². The highest BCUT2D eigenvalue weighted by Gasteiger charge is 2.34. The predicted octanol–water partition coefficient (Wildman–Crippen LogP) is 2.86. The van der Waals surface area contributed by atoms with E-state index in [4.69, 9.17) is 0 Å². The number of ketones is 1.